The molecule has 78 valence electrons. The lowest BCUT2D eigenvalue weighted by Crippen LogP contribution is -1.73. The largest absolute Gasteiger partial charge is 0.261 e. The maximum absolute atomic E-state index is 4.74. The second-order valence-electron chi connectivity index (χ2n) is 3.84. The van der Waals surface area contributed by atoms with E-state index in [9.17, 15) is 0 Å². The van der Waals surface area contributed by atoms with Gasteiger partial charge >= 0.3 is 0 Å². The summed E-state index contributed by atoms with van der Waals surface area (Å²) in [5.41, 5.74) is 0. The fourth-order valence-electron chi connectivity index (χ4n) is 1.02. The molecule has 0 N–H and O–H groups in total. The van der Waals surface area contributed by atoms with Crippen molar-refractivity contribution in [2.75, 3.05) is 40.0 Å². The molecule has 0 rings (SSSR count). The molecule has 13 heavy (non-hydrogen) atoms. The minimum Gasteiger partial charge on any atom is -0.261 e. The Morgan fingerprint density at radius 2 is 1.46 bits per heavy atom. The molecule has 0 atom stereocenters. The minimum atomic E-state index is -1.50. The highest BCUT2D eigenvalue weighted by Gasteiger charge is 2.08. The number of hydrogen-bond donors (Lipinski definition) is 0. The molecule has 0 aliphatic rings. The van der Waals surface area contributed by atoms with Crippen molar-refractivity contribution >= 4 is 29.2 Å². The predicted molar refractivity (Wildman–Crippen MR) is 70.7 cm³/mol. The number of rotatable bonds is 3. The zero-order chi connectivity index (χ0) is 10.7. The van der Waals surface area contributed by atoms with Gasteiger partial charge in [-0.1, -0.05) is 0 Å². The zero-order valence-corrected chi connectivity index (χ0v) is 12.1. The summed E-state index contributed by atoms with van der Waals surface area (Å²) in [5, 5.41) is 0. The van der Waals surface area contributed by atoms with Gasteiger partial charge in [-0.2, -0.15) is 0 Å². The number of nitrogens with zero attached hydrogens (tertiary/aromatic N) is 3. The second-order valence-corrected chi connectivity index (χ2v) is 12.6. The van der Waals surface area contributed by atoms with E-state index >= 15 is 0 Å². The maximum Gasteiger partial charge on any atom is 0.0736 e. The van der Waals surface area contributed by atoms with E-state index in [2.05, 4.69) is 51.5 Å². The Bertz CT molecular complexity index is 281. The van der Waals surface area contributed by atoms with Crippen molar-refractivity contribution in [3.8, 4) is 0 Å². The normalized spacial score (nSPS) is 12.8. The standard InChI is InChI=1S/C7H20N3P3/c1-8-12(4,5)10-13(6,7)9-11(2)3/h1H2,2-7H3. The van der Waals surface area contributed by atoms with Crippen molar-refractivity contribution in [2.45, 2.75) is 0 Å². The van der Waals surface area contributed by atoms with Crippen molar-refractivity contribution in [3.05, 3.63) is 0 Å². The average molecular weight is 239 g/mol. The Morgan fingerprint density at radius 3 is 1.77 bits per heavy atom. The van der Waals surface area contributed by atoms with E-state index in [1.165, 1.54) is 0 Å². The first-order chi connectivity index (χ1) is 5.68. The van der Waals surface area contributed by atoms with Crippen molar-refractivity contribution in [1.82, 2.24) is 0 Å². The maximum atomic E-state index is 4.74. The smallest absolute Gasteiger partial charge is 0.0736 e. The van der Waals surface area contributed by atoms with Crippen LogP contribution in [0.5, 0.6) is 0 Å². The van der Waals surface area contributed by atoms with Gasteiger partial charge in [0, 0.05) is 8.07 Å². The third-order valence-electron chi connectivity index (χ3n) is 1.18. The fraction of sp³-hybridized carbons (Fsp3) is 0.857. The lowest BCUT2D eigenvalue weighted by atomic mass is 11.8. The lowest BCUT2D eigenvalue weighted by Gasteiger charge is -2.15. The highest BCUT2D eigenvalue weighted by molar-refractivity contribution is 7.78. The van der Waals surface area contributed by atoms with Crippen LogP contribution in [0.4, 0.5) is 0 Å². The summed E-state index contributed by atoms with van der Waals surface area (Å²) in [6.45, 7) is 16.3. The van der Waals surface area contributed by atoms with Crippen LogP contribution in [0.3, 0.4) is 0 Å². The zero-order valence-electron chi connectivity index (χ0n) is 9.39. The van der Waals surface area contributed by atoms with E-state index < -0.39 is 14.4 Å². The lowest BCUT2D eigenvalue weighted by molar-refractivity contribution is 1.69. The monoisotopic (exact) mass is 239 g/mol. The Hall–Kier alpha value is 0.560. The van der Waals surface area contributed by atoms with Gasteiger partial charge in [0.2, 0.25) is 0 Å². The summed E-state index contributed by atoms with van der Waals surface area (Å²) < 4.78 is 13.5. The molecule has 0 radical (unpaired) electrons. The van der Waals surface area contributed by atoms with Gasteiger partial charge in [-0.25, -0.2) is 4.52 Å². The first-order valence-corrected chi connectivity index (χ1v) is 11.4. The molecular formula is C7H20N3P3. The minimum absolute atomic E-state index is 0.210. The first kappa shape index (κ1) is 13.6. The molecule has 0 aromatic rings. The van der Waals surface area contributed by atoms with E-state index in [1.807, 2.05) is 0 Å². The molecule has 0 fully saturated rings. The van der Waals surface area contributed by atoms with Gasteiger partial charge in [-0.05, 0) is 46.7 Å². The van der Waals surface area contributed by atoms with E-state index in [4.69, 9.17) is 9.03 Å². The van der Waals surface area contributed by atoms with Crippen molar-refractivity contribution in [3.63, 3.8) is 0 Å². The van der Waals surface area contributed by atoms with Gasteiger partial charge in [0.15, 0.2) is 0 Å². The van der Waals surface area contributed by atoms with E-state index in [0.29, 0.717) is 0 Å². The number of hydrogen-bond acceptors (Lipinski definition) is 1. The summed E-state index contributed by atoms with van der Waals surface area (Å²) in [5.74, 6) is 0. The molecule has 6 heteroatoms. The molecule has 0 bridgehead atoms. The quantitative estimate of drug-likeness (QED) is 0.525. The van der Waals surface area contributed by atoms with Crippen LogP contribution < -0.4 is 0 Å². The summed E-state index contributed by atoms with van der Waals surface area (Å²) in [6.07, 6.45) is 0. The molecule has 0 aliphatic carbocycles. The molecule has 0 spiro atoms. The van der Waals surface area contributed by atoms with Gasteiger partial charge in [0.05, 0.1) is 14.4 Å². The van der Waals surface area contributed by atoms with Crippen molar-refractivity contribution in [1.29, 1.82) is 0 Å². The summed E-state index contributed by atoms with van der Waals surface area (Å²) in [4.78, 5) is 0. The molecule has 0 heterocycles. The molecule has 0 saturated carbocycles. The van der Waals surface area contributed by atoms with Crippen LogP contribution in [0, 0.1) is 0 Å². The van der Waals surface area contributed by atoms with Crippen LogP contribution in [0.25, 0.3) is 0 Å². The summed E-state index contributed by atoms with van der Waals surface area (Å²) >= 11 is 0. The van der Waals surface area contributed by atoms with Crippen LogP contribution in [-0.2, 0) is 0 Å². The molecular weight excluding hydrogens is 219 g/mol. The highest BCUT2D eigenvalue weighted by atomic mass is 31.2. The molecule has 0 aromatic carbocycles. The highest BCUT2D eigenvalue weighted by Crippen LogP contribution is 2.60. The Kier molecular flexibility index (Phi) is 5.08. The van der Waals surface area contributed by atoms with Crippen LogP contribution >= 0.6 is 22.5 Å². The molecule has 0 amide bonds. The molecule has 0 aliphatic heterocycles. The van der Waals surface area contributed by atoms with Gasteiger partial charge in [0.1, 0.15) is 0 Å². The van der Waals surface area contributed by atoms with Crippen LogP contribution in [0.1, 0.15) is 0 Å². The molecule has 3 nitrogen and oxygen atoms in total. The predicted octanol–water partition coefficient (Wildman–Crippen LogP) is 4.10. The average Bonchev–Trinajstić information content (AvgIpc) is 1.81. The van der Waals surface area contributed by atoms with E-state index in [1.54, 1.807) is 0 Å². The Balaban J connectivity index is 5.10. The van der Waals surface area contributed by atoms with Crippen molar-refractivity contribution in [2.24, 2.45) is 13.8 Å². The summed E-state index contributed by atoms with van der Waals surface area (Å²) in [7, 11) is -3.15. The third-order valence-corrected chi connectivity index (χ3v) is 8.56. The van der Waals surface area contributed by atoms with Crippen molar-refractivity contribution < 1.29 is 0 Å². The summed E-state index contributed by atoms with van der Waals surface area (Å²) in [6, 6.07) is 0. The van der Waals surface area contributed by atoms with Crippen LogP contribution in [-0.4, -0.2) is 46.7 Å². The first-order valence-electron chi connectivity index (χ1n) is 4.00. The SMILES string of the molecule is C=NP(C)(C)=NP(C)(C)=NP(C)C. The molecule has 0 aromatic heterocycles. The fourth-order valence-corrected chi connectivity index (χ4v) is 9.50. The van der Waals surface area contributed by atoms with Gasteiger partial charge < -0.3 is 0 Å². The molecule has 0 saturated heterocycles. The van der Waals surface area contributed by atoms with E-state index in [0.717, 1.165) is 0 Å². The van der Waals surface area contributed by atoms with Crippen LogP contribution in [0.2, 0.25) is 0 Å². The van der Waals surface area contributed by atoms with Crippen LogP contribution in [0.15, 0.2) is 13.8 Å². The van der Waals surface area contributed by atoms with Gasteiger partial charge in [-0.3, -0.25) is 9.28 Å². The van der Waals surface area contributed by atoms with Gasteiger partial charge in [0.25, 0.3) is 0 Å². The third kappa shape index (κ3) is 6.61. The Morgan fingerprint density at radius 1 is 1.00 bits per heavy atom. The van der Waals surface area contributed by atoms with Gasteiger partial charge in [-0.15, -0.1) is 0 Å². The topological polar surface area (TPSA) is 37.1 Å². The molecule has 0 unspecified atom stereocenters. The second kappa shape index (κ2) is 4.87. The van der Waals surface area contributed by atoms with E-state index in [-0.39, 0.29) is 8.07 Å². The Labute approximate surface area is 83.5 Å².